The lowest BCUT2D eigenvalue weighted by molar-refractivity contribution is -0.137. The van der Waals surface area contributed by atoms with Crippen LogP contribution in [-0.4, -0.2) is 24.9 Å². The number of rotatable bonds is 8. The van der Waals surface area contributed by atoms with Crippen LogP contribution in [0, 0.1) is 0 Å². The third kappa shape index (κ3) is 5.28. The summed E-state index contributed by atoms with van der Waals surface area (Å²) in [6.07, 6.45) is 0. The predicted molar refractivity (Wildman–Crippen MR) is 106 cm³/mol. The van der Waals surface area contributed by atoms with E-state index in [0.717, 1.165) is 11.3 Å². The highest BCUT2D eigenvalue weighted by atomic mass is 16.5. The predicted octanol–water partition coefficient (Wildman–Crippen LogP) is 4.12. The van der Waals surface area contributed by atoms with E-state index in [1.807, 2.05) is 48.5 Å². The van der Waals surface area contributed by atoms with E-state index in [2.05, 4.69) is 17.0 Å². The van der Waals surface area contributed by atoms with Crippen molar-refractivity contribution >= 4 is 17.4 Å². The number of carbonyl (C=O) groups excluding carboxylic acids is 2. The third-order valence-electron chi connectivity index (χ3n) is 4.15. The Labute approximate surface area is 159 Å². The molecule has 0 radical (unpaired) electrons. The summed E-state index contributed by atoms with van der Waals surface area (Å²) < 4.78 is 5.22. The maximum absolute atomic E-state index is 12.1. The zero-order valence-electron chi connectivity index (χ0n) is 15.0. The molecule has 3 aromatic carbocycles. The first-order chi connectivity index (χ1) is 13.2. The molecule has 0 spiro atoms. The van der Waals surface area contributed by atoms with E-state index in [1.165, 1.54) is 0 Å². The minimum atomic E-state index is -0.825. The van der Waals surface area contributed by atoms with E-state index in [1.54, 1.807) is 30.3 Å². The van der Waals surface area contributed by atoms with Crippen LogP contribution in [0.25, 0.3) is 0 Å². The molecule has 0 bridgehead atoms. The molecule has 0 fully saturated rings. The van der Waals surface area contributed by atoms with E-state index in [0.29, 0.717) is 18.7 Å². The van der Waals surface area contributed by atoms with Crippen molar-refractivity contribution in [2.24, 2.45) is 0 Å². The molecule has 0 atom stereocenters. The fraction of sp³-hybridized carbons (Fsp3) is 0.130. The first-order valence-corrected chi connectivity index (χ1v) is 8.84. The summed E-state index contributed by atoms with van der Waals surface area (Å²) in [4.78, 5) is 26.2. The molecular weight excluding hydrogens is 338 g/mol. The molecule has 27 heavy (non-hydrogen) atoms. The van der Waals surface area contributed by atoms with E-state index >= 15 is 0 Å². The Hall–Kier alpha value is -3.40. The molecule has 4 heteroatoms. The zero-order valence-corrected chi connectivity index (χ0v) is 15.0. The van der Waals surface area contributed by atoms with Crippen LogP contribution in [0.3, 0.4) is 0 Å². The van der Waals surface area contributed by atoms with Crippen LogP contribution in [0.2, 0.25) is 0 Å². The summed E-state index contributed by atoms with van der Waals surface area (Å²) in [5.41, 5.74) is 2.53. The molecule has 3 aromatic rings. The average Bonchev–Trinajstić information content (AvgIpc) is 2.74. The molecular formula is C23H21NO3. The summed E-state index contributed by atoms with van der Waals surface area (Å²) in [5, 5.41) is 0. The summed E-state index contributed by atoms with van der Waals surface area (Å²) in [6.45, 7) is 1.32. The van der Waals surface area contributed by atoms with Gasteiger partial charge in [-0.15, -0.1) is 0 Å². The van der Waals surface area contributed by atoms with Crippen molar-refractivity contribution in [3.05, 3.63) is 102 Å². The van der Waals surface area contributed by atoms with E-state index in [-0.39, 0.29) is 6.61 Å². The van der Waals surface area contributed by atoms with Gasteiger partial charge in [0.15, 0.2) is 0 Å². The Morgan fingerprint density at radius 2 is 1.30 bits per heavy atom. The number of hydrogen-bond donors (Lipinski definition) is 0. The monoisotopic (exact) mass is 359 g/mol. The maximum Gasteiger partial charge on any atom is 0.379 e. The molecule has 0 amide bonds. The fourth-order valence-electron chi connectivity index (χ4n) is 2.76. The van der Waals surface area contributed by atoms with Gasteiger partial charge in [-0.2, -0.15) is 0 Å². The number of para-hydroxylation sites is 1. The lowest BCUT2D eigenvalue weighted by Gasteiger charge is -2.24. The van der Waals surface area contributed by atoms with Gasteiger partial charge in [0.1, 0.15) is 6.61 Å². The Morgan fingerprint density at radius 3 is 1.93 bits per heavy atom. The minimum Gasteiger partial charge on any atom is -0.458 e. The SMILES string of the molecule is O=C(OCCN(Cc1ccccc1)c1ccccc1)C(=O)c1ccccc1. The second-order valence-corrected chi connectivity index (χ2v) is 6.07. The van der Waals surface area contributed by atoms with Crippen LogP contribution in [-0.2, 0) is 16.1 Å². The van der Waals surface area contributed by atoms with Gasteiger partial charge >= 0.3 is 5.97 Å². The lowest BCUT2D eigenvalue weighted by atomic mass is 10.1. The molecule has 0 heterocycles. The van der Waals surface area contributed by atoms with Crippen molar-refractivity contribution in [2.75, 3.05) is 18.1 Å². The molecule has 4 nitrogen and oxygen atoms in total. The molecule has 0 unspecified atom stereocenters. The van der Waals surface area contributed by atoms with Gasteiger partial charge in [-0.25, -0.2) is 4.79 Å². The van der Waals surface area contributed by atoms with Gasteiger partial charge in [-0.05, 0) is 17.7 Å². The standard InChI is InChI=1S/C23H21NO3/c25-22(20-12-6-2-7-13-20)23(26)27-17-16-24(21-14-8-3-9-15-21)18-19-10-4-1-5-11-19/h1-15H,16-18H2. The smallest absolute Gasteiger partial charge is 0.379 e. The van der Waals surface area contributed by atoms with Crippen molar-refractivity contribution in [1.29, 1.82) is 0 Å². The second-order valence-electron chi connectivity index (χ2n) is 6.07. The summed E-state index contributed by atoms with van der Waals surface area (Å²) in [5.74, 6) is -1.45. The van der Waals surface area contributed by atoms with Gasteiger partial charge in [0, 0.05) is 17.8 Å². The van der Waals surface area contributed by atoms with Crippen molar-refractivity contribution in [3.8, 4) is 0 Å². The molecule has 0 saturated carbocycles. The van der Waals surface area contributed by atoms with Crippen LogP contribution in [0.1, 0.15) is 15.9 Å². The highest BCUT2D eigenvalue weighted by Gasteiger charge is 2.18. The Bertz CT molecular complexity index is 864. The van der Waals surface area contributed by atoms with Gasteiger partial charge in [-0.3, -0.25) is 4.79 Å². The molecule has 0 saturated heterocycles. The zero-order chi connectivity index (χ0) is 18.9. The van der Waals surface area contributed by atoms with Gasteiger partial charge in [0.2, 0.25) is 0 Å². The quantitative estimate of drug-likeness (QED) is 0.345. The van der Waals surface area contributed by atoms with Gasteiger partial charge in [0.05, 0.1) is 6.54 Å². The molecule has 0 aliphatic rings. The summed E-state index contributed by atoms with van der Waals surface area (Å²) in [6, 6.07) is 28.5. The van der Waals surface area contributed by atoms with Crippen LogP contribution in [0.5, 0.6) is 0 Å². The Balaban J connectivity index is 1.61. The Kier molecular flexibility index (Phi) is 6.36. The number of ketones is 1. The molecule has 3 rings (SSSR count). The number of hydrogen-bond acceptors (Lipinski definition) is 4. The molecule has 136 valence electrons. The lowest BCUT2D eigenvalue weighted by Crippen LogP contribution is -2.29. The van der Waals surface area contributed by atoms with Crippen LogP contribution in [0.15, 0.2) is 91.0 Å². The number of anilines is 1. The van der Waals surface area contributed by atoms with Crippen LogP contribution < -0.4 is 4.90 Å². The van der Waals surface area contributed by atoms with Crippen molar-refractivity contribution < 1.29 is 14.3 Å². The highest BCUT2D eigenvalue weighted by Crippen LogP contribution is 2.16. The first-order valence-electron chi connectivity index (χ1n) is 8.84. The summed E-state index contributed by atoms with van der Waals surface area (Å²) >= 11 is 0. The minimum absolute atomic E-state index is 0.138. The first kappa shape index (κ1) is 18.4. The molecule has 0 aromatic heterocycles. The van der Waals surface area contributed by atoms with Crippen LogP contribution >= 0.6 is 0 Å². The normalized spacial score (nSPS) is 10.2. The molecule has 0 aliphatic heterocycles. The molecule has 0 aliphatic carbocycles. The molecule has 0 N–H and O–H groups in total. The van der Waals surface area contributed by atoms with Gasteiger partial charge < -0.3 is 9.64 Å². The topological polar surface area (TPSA) is 46.6 Å². The maximum atomic E-state index is 12.1. The fourth-order valence-corrected chi connectivity index (χ4v) is 2.76. The number of carbonyl (C=O) groups is 2. The van der Waals surface area contributed by atoms with E-state index < -0.39 is 11.8 Å². The van der Waals surface area contributed by atoms with Crippen LogP contribution in [0.4, 0.5) is 5.69 Å². The number of esters is 1. The second kappa shape index (κ2) is 9.34. The number of ether oxygens (including phenoxy) is 1. The number of nitrogens with zero attached hydrogens (tertiary/aromatic N) is 1. The summed E-state index contributed by atoms with van der Waals surface area (Å²) in [7, 11) is 0. The van der Waals surface area contributed by atoms with Crippen molar-refractivity contribution in [2.45, 2.75) is 6.54 Å². The van der Waals surface area contributed by atoms with Gasteiger partial charge in [-0.1, -0.05) is 78.9 Å². The van der Waals surface area contributed by atoms with Gasteiger partial charge in [0.25, 0.3) is 5.78 Å². The highest BCUT2D eigenvalue weighted by molar-refractivity contribution is 6.40. The van der Waals surface area contributed by atoms with Crippen molar-refractivity contribution in [3.63, 3.8) is 0 Å². The number of Topliss-reactive ketones (excluding diaryl/α,β-unsaturated/α-hetero) is 1. The average molecular weight is 359 g/mol. The third-order valence-corrected chi connectivity index (χ3v) is 4.15. The Morgan fingerprint density at radius 1 is 0.741 bits per heavy atom. The van der Waals surface area contributed by atoms with E-state index in [9.17, 15) is 9.59 Å². The van der Waals surface area contributed by atoms with Crippen molar-refractivity contribution in [1.82, 2.24) is 0 Å². The van der Waals surface area contributed by atoms with E-state index in [4.69, 9.17) is 4.74 Å². The largest absolute Gasteiger partial charge is 0.458 e. The number of benzene rings is 3.